The van der Waals surface area contributed by atoms with Gasteiger partial charge in [-0.1, -0.05) is 0 Å². The summed E-state index contributed by atoms with van der Waals surface area (Å²) in [4.78, 5) is 13.2. The molecule has 3 heterocycles. The lowest BCUT2D eigenvalue weighted by molar-refractivity contribution is -0.130. The van der Waals surface area contributed by atoms with Gasteiger partial charge in [-0.3, -0.25) is 0 Å². The highest BCUT2D eigenvalue weighted by atomic mass is 32.2. The third-order valence-electron chi connectivity index (χ3n) is 5.09. The van der Waals surface area contributed by atoms with Crippen LogP contribution in [0.15, 0.2) is 6.07 Å². The summed E-state index contributed by atoms with van der Waals surface area (Å²) in [7, 11) is -3.91. The first kappa shape index (κ1) is 21.1. The predicted octanol–water partition coefficient (Wildman–Crippen LogP) is 2.18. The number of hydrogen-bond acceptors (Lipinski definition) is 6. The standard InChI is InChI=1S/C17H26F3N5O2S/c1-14-21-15(23-6-3-2-4-7-23)13-16(22-14)24-8-10-25(11-9-24)28(26,27)12-5-17(18,19)20/h13H,2-12H2,1H3. The van der Waals surface area contributed by atoms with Crippen LogP contribution in [0, 0.1) is 6.92 Å². The highest BCUT2D eigenvalue weighted by molar-refractivity contribution is 7.89. The van der Waals surface area contributed by atoms with Gasteiger partial charge in [0.25, 0.3) is 0 Å². The van der Waals surface area contributed by atoms with Crippen molar-refractivity contribution >= 4 is 21.7 Å². The number of piperazine rings is 1. The maximum Gasteiger partial charge on any atom is 0.390 e. The van der Waals surface area contributed by atoms with E-state index >= 15 is 0 Å². The Labute approximate surface area is 163 Å². The molecule has 2 aliphatic rings. The molecule has 7 nitrogen and oxygen atoms in total. The number of halogens is 3. The molecule has 3 rings (SSSR count). The monoisotopic (exact) mass is 421 g/mol. The lowest BCUT2D eigenvalue weighted by Gasteiger charge is -2.35. The molecule has 2 aliphatic heterocycles. The normalized spacial score (nSPS) is 19.9. The maximum absolute atomic E-state index is 12.4. The molecule has 0 atom stereocenters. The number of aromatic nitrogens is 2. The molecule has 0 aliphatic carbocycles. The van der Waals surface area contributed by atoms with Crippen molar-refractivity contribution in [3.05, 3.63) is 11.9 Å². The van der Waals surface area contributed by atoms with E-state index in [0.29, 0.717) is 18.9 Å². The molecule has 158 valence electrons. The fourth-order valence-electron chi connectivity index (χ4n) is 3.55. The summed E-state index contributed by atoms with van der Waals surface area (Å²) in [6.07, 6.45) is -2.31. The Bertz CT molecular complexity index is 773. The topological polar surface area (TPSA) is 69.6 Å². The first-order valence-corrected chi connectivity index (χ1v) is 11.2. The van der Waals surface area contributed by atoms with E-state index in [1.807, 2.05) is 17.9 Å². The zero-order chi connectivity index (χ0) is 20.4. The lowest BCUT2D eigenvalue weighted by atomic mass is 10.1. The van der Waals surface area contributed by atoms with Crippen molar-refractivity contribution in [1.29, 1.82) is 0 Å². The van der Waals surface area contributed by atoms with Gasteiger partial charge in [-0.15, -0.1) is 0 Å². The highest BCUT2D eigenvalue weighted by Gasteiger charge is 2.34. The minimum atomic E-state index is -4.47. The van der Waals surface area contributed by atoms with Gasteiger partial charge in [0.2, 0.25) is 10.0 Å². The molecular weight excluding hydrogens is 395 g/mol. The summed E-state index contributed by atoms with van der Waals surface area (Å²) >= 11 is 0. The summed E-state index contributed by atoms with van der Waals surface area (Å²) in [6, 6.07) is 1.92. The predicted molar refractivity (Wildman–Crippen MR) is 101 cm³/mol. The fraction of sp³-hybridized carbons (Fsp3) is 0.765. The Kier molecular flexibility index (Phi) is 6.33. The Hall–Kier alpha value is -1.62. The molecule has 0 bridgehead atoms. The molecular formula is C17H26F3N5O2S. The number of hydrogen-bond donors (Lipinski definition) is 0. The molecule has 0 saturated carbocycles. The van der Waals surface area contributed by atoms with Crippen molar-refractivity contribution in [2.45, 2.75) is 38.8 Å². The molecule has 0 N–H and O–H groups in total. The van der Waals surface area contributed by atoms with Crippen molar-refractivity contribution in [3.8, 4) is 0 Å². The minimum absolute atomic E-state index is 0.155. The van der Waals surface area contributed by atoms with E-state index in [-0.39, 0.29) is 13.1 Å². The van der Waals surface area contributed by atoms with Crippen LogP contribution in [0.3, 0.4) is 0 Å². The Morgan fingerprint density at radius 1 is 0.929 bits per heavy atom. The fourth-order valence-corrected chi connectivity index (χ4v) is 5.02. The van der Waals surface area contributed by atoms with E-state index in [0.717, 1.165) is 41.9 Å². The van der Waals surface area contributed by atoms with Crippen molar-refractivity contribution < 1.29 is 21.6 Å². The van der Waals surface area contributed by atoms with Crippen LogP contribution in [0.4, 0.5) is 24.8 Å². The number of piperidine rings is 1. The van der Waals surface area contributed by atoms with Crippen molar-refractivity contribution in [1.82, 2.24) is 14.3 Å². The molecule has 1 aromatic heterocycles. The van der Waals surface area contributed by atoms with Gasteiger partial charge >= 0.3 is 6.18 Å². The number of nitrogens with zero attached hydrogens (tertiary/aromatic N) is 5. The van der Waals surface area contributed by atoms with E-state index in [2.05, 4.69) is 14.9 Å². The Balaban J connectivity index is 1.64. The number of anilines is 2. The van der Waals surface area contributed by atoms with Crippen LogP contribution in [0.1, 0.15) is 31.5 Å². The highest BCUT2D eigenvalue weighted by Crippen LogP contribution is 2.25. The maximum atomic E-state index is 12.4. The van der Waals surface area contributed by atoms with Crippen molar-refractivity contribution in [2.75, 3.05) is 54.8 Å². The van der Waals surface area contributed by atoms with Crippen LogP contribution in [0.25, 0.3) is 0 Å². The second kappa shape index (κ2) is 8.40. The van der Waals surface area contributed by atoms with Gasteiger partial charge in [-0.2, -0.15) is 17.5 Å². The summed E-state index contributed by atoms with van der Waals surface area (Å²) in [5.41, 5.74) is 0. The summed E-state index contributed by atoms with van der Waals surface area (Å²) in [5, 5.41) is 0. The third kappa shape index (κ3) is 5.47. The third-order valence-corrected chi connectivity index (χ3v) is 6.96. The van der Waals surface area contributed by atoms with Crippen LogP contribution < -0.4 is 9.80 Å². The lowest BCUT2D eigenvalue weighted by Crippen LogP contribution is -2.49. The quantitative estimate of drug-likeness (QED) is 0.726. The smallest absolute Gasteiger partial charge is 0.356 e. The average molecular weight is 421 g/mol. The summed E-state index contributed by atoms with van der Waals surface area (Å²) in [5.74, 6) is 1.36. The van der Waals surface area contributed by atoms with Crippen LogP contribution in [0.2, 0.25) is 0 Å². The Morgan fingerprint density at radius 3 is 2.00 bits per heavy atom. The molecule has 1 aromatic rings. The Morgan fingerprint density at radius 2 is 1.46 bits per heavy atom. The number of aryl methyl sites for hydroxylation is 1. The van der Waals surface area contributed by atoms with Crippen molar-refractivity contribution in [2.24, 2.45) is 0 Å². The van der Waals surface area contributed by atoms with Gasteiger partial charge in [0.15, 0.2) is 0 Å². The first-order chi connectivity index (χ1) is 13.1. The molecule has 28 heavy (non-hydrogen) atoms. The van der Waals surface area contributed by atoms with E-state index in [1.165, 1.54) is 6.42 Å². The molecule has 2 fully saturated rings. The molecule has 0 radical (unpaired) electrons. The van der Waals surface area contributed by atoms with Crippen LogP contribution >= 0.6 is 0 Å². The van der Waals surface area contributed by atoms with E-state index in [4.69, 9.17) is 0 Å². The van der Waals surface area contributed by atoms with Crippen LogP contribution in [-0.2, 0) is 10.0 Å². The zero-order valence-corrected chi connectivity index (χ0v) is 16.8. The minimum Gasteiger partial charge on any atom is -0.356 e. The second-order valence-corrected chi connectivity index (χ2v) is 9.34. The van der Waals surface area contributed by atoms with Gasteiger partial charge in [0.1, 0.15) is 17.5 Å². The molecule has 2 saturated heterocycles. The van der Waals surface area contributed by atoms with Gasteiger partial charge < -0.3 is 9.80 Å². The van der Waals surface area contributed by atoms with Crippen LogP contribution in [-0.4, -0.2) is 73.9 Å². The van der Waals surface area contributed by atoms with Crippen LogP contribution in [0.5, 0.6) is 0 Å². The van der Waals surface area contributed by atoms with E-state index in [9.17, 15) is 21.6 Å². The van der Waals surface area contributed by atoms with Gasteiger partial charge in [-0.05, 0) is 26.2 Å². The molecule has 0 spiro atoms. The molecule has 0 unspecified atom stereocenters. The number of rotatable bonds is 5. The van der Waals surface area contributed by atoms with E-state index < -0.39 is 28.4 Å². The van der Waals surface area contributed by atoms with E-state index in [1.54, 1.807) is 0 Å². The number of alkyl halides is 3. The zero-order valence-electron chi connectivity index (χ0n) is 16.0. The summed E-state index contributed by atoms with van der Waals surface area (Å²) < 4.78 is 62.5. The average Bonchev–Trinajstić information content (AvgIpc) is 2.66. The first-order valence-electron chi connectivity index (χ1n) is 9.54. The largest absolute Gasteiger partial charge is 0.390 e. The molecule has 0 aromatic carbocycles. The molecule has 0 amide bonds. The second-order valence-electron chi connectivity index (χ2n) is 7.25. The molecule has 11 heteroatoms. The SMILES string of the molecule is Cc1nc(N2CCCCC2)cc(N2CCN(S(=O)(=O)CCC(F)(F)F)CC2)n1. The van der Waals surface area contributed by atoms with Crippen molar-refractivity contribution in [3.63, 3.8) is 0 Å². The number of sulfonamides is 1. The summed E-state index contributed by atoms with van der Waals surface area (Å²) in [6.45, 7) is 4.84. The van der Waals surface area contributed by atoms with Gasteiger partial charge in [0, 0.05) is 45.3 Å². The van der Waals surface area contributed by atoms with Gasteiger partial charge in [0.05, 0.1) is 12.2 Å². The van der Waals surface area contributed by atoms with Gasteiger partial charge in [-0.25, -0.2) is 18.4 Å².